The highest BCUT2D eigenvalue weighted by molar-refractivity contribution is 5.97. The quantitative estimate of drug-likeness (QED) is 0.864. The predicted molar refractivity (Wildman–Crippen MR) is 89.0 cm³/mol. The highest BCUT2D eigenvalue weighted by Crippen LogP contribution is 2.35. The lowest BCUT2D eigenvalue weighted by Crippen LogP contribution is -2.30. The lowest BCUT2D eigenvalue weighted by Gasteiger charge is -2.26. The number of benzene rings is 2. The maximum absolute atomic E-state index is 13.0. The second-order valence-corrected chi connectivity index (χ2v) is 5.63. The van der Waals surface area contributed by atoms with Crippen LogP contribution in [0.25, 0.3) is 0 Å². The number of hydrogen-bond donors (Lipinski definition) is 0. The van der Waals surface area contributed by atoms with Gasteiger partial charge in [0.05, 0.1) is 25.8 Å². The van der Waals surface area contributed by atoms with Crippen LogP contribution in [0.15, 0.2) is 48.5 Å². The minimum Gasteiger partial charge on any atom is -0.497 e. The standard InChI is InChI=1S/C19H21NO3/c1-22-15-11-9-14(10-12-15)17-7-5-13-20(17)19(21)16-6-3-4-8-18(16)23-2/h3-4,6,8-12,17H,5,7,13H2,1-2H3. The van der Waals surface area contributed by atoms with Gasteiger partial charge in [0.15, 0.2) is 0 Å². The van der Waals surface area contributed by atoms with E-state index in [0.29, 0.717) is 11.3 Å². The zero-order valence-electron chi connectivity index (χ0n) is 13.5. The molecule has 2 aromatic rings. The number of methoxy groups -OCH3 is 2. The zero-order valence-corrected chi connectivity index (χ0v) is 13.5. The molecule has 1 amide bonds. The number of hydrogen-bond acceptors (Lipinski definition) is 3. The number of ether oxygens (including phenoxy) is 2. The second-order valence-electron chi connectivity index (χ2n) is 5.63. The molecule has 0 spiro atoms. The summed E-state index contributed by atoms with van der Waals surface area (Å²) in [7, 11) is 3.25. The number of likely N-dealkylation sites (tertiary alicyclic amines) is 1. The number of carbonyl (C=O) groups is 1. The van der Waals surface area contributed by atoms with E-state index in [1.807, 2.05) is 53.4 Å². The molecule has 0 N–H and O–H groups in total. The van der Waals surface area contributed by atoms with Crippen LogP contribution in [0.5, 0.6) is 11.5 Å². The van der Waals surface area contributed by atoms with Gasteiger partial charge in [-0.05, 0) is 42.7 Å². The average Bonchev–Trinajstić information content (AvgIpc) is 3.10. The van der Waals surface area contributed by atoms with Crippen molar-refractivity contribution in [3.05, 3.63) is 59.7 Å². The molecule has 0 bridgehead atoms. The van der Waals surface area contributed by atoms with Gasteiger partial charge in [-0.25, -0.2) is 0 Å². The maximum Gasteiger partial charge on any atom is 0.258 e. The van der Waals surface area contributed by atoms with Crippen molar-refractivity contribution in [2.75, 3.05) is 20.8 Å². The van der Waals surface area contributed by atoms with Crippen molar-refractivity contribution < 1.29 is 14.3 Å². The molecular formula is C19H21NO3. The van der Waals surface area contributed by atoms with Crippen LogP contribution in [0.3, 0.4) is 0 Å². The van der Waals surface area contributed by atoms with Crippen molar-refractivity contribution in [3.63, 3.8) is 0 Å². The lowest BCUT2D eigenvalue weighted by atomic mass is 10.0. The van der Waals surface area contributed by atoms with Crippen molar-refractivity contribution in [2.24, 2.45) is 0 Å². The summed E-state index contributed by atoms with van der Waals surface area (Å²) < 4.78 is 10.5. The lowest BCUT2D eigenvalue weighted by molar-refractivity contribution is 0.0732. The first-order valence-electron chi connectivity index (χ1n) is 7.82. The largest absolute Gasteiger partial charge is 0.497 e. The Hall–Kier alpha value is -2.49. The van der Waals surface area contributed by atoms with Gasteiger partial charge in [-0.3, -0.25) is 4.79 Å². The number of carbonyl (C=O) groups excluding carboxylic acids is 1. The van der Waals surface area contributed by atoms with Crippen LogP contribution in [0.4, 0.5) is 0 Å². The highest BCUT2D eigenvalue weighted by atomic mass is 16.5. The first kappa shape index (κ1) is 15.4. The van der Waals surface area contributed by atoms with Crippen LogP contribution < -0.4 is 9.47 Å². The number of para-hydroxylation sites is 1. The van der Waals surface area contributed by atoms with Crippen LogP contribution in [0, 0.1) is 0 Å². The zero-order chi connectivity index (χ0) is 16.2. The van der Waals surface area contributed by atoms with Gasteiger partial charge in [0.25, 0.3) is 5.91 Å². The monoisotopic (exact) mass is 311 g/mol. The fourth-order valence-corrected chi connectivity index (χ4v) is 3.16. The smallest absolute Gasteiger partial charge is 0.258 e. The fourth-order valence-electron chi connectivity index (χ4n) is 3.16. The molecule has 4 heteroatoms. The number of amides is 1. The van der Waals surface area contributed by atoms with E-state index in [1.165, 1.54) is 0 Å². The van der Waals surface area contributed by atoms with Crippen molar-refractivity contribution in [3.8, 4) is 11.5 Å². The van der Waals surface area contributed by atoms with Crippen LogP contribution >= 0.6 is 0 Å². The molecule has 1 unspecified atom stereocenters. The van der Waals surface area contributed by atoms with E-state index in [1.54, 1.807) is 14.2 Å². The summed E-state index contributed by atoms with van der Waals surface area (Å²) in [6.45, 7) is 0.771. The summed E-state index contributed by atoms with van der Waals surface area (Å²) in [5.74, 6) is 1.48. The fraction of sp³-hybridized carbons (Fsp3) is 0.316. The Kier molecular flexibility index (Phi) is 4.51. The van der Waals surface area contributed by atoms with Crippen LogP contribution in [0.1, 0.15) is 34.8 Å². The number of nitrogens with zero attached hydrogens (tertiary/aromatic N) is 1. The molecular weight excluding hydrogens is 290 g/mol. The van der Waals surface area contributed by atoms with Crippen molar-refractivity contribution in [1.29, 1.82) is 0 Å². The molecule has 0 aliphatic carbocycles. The Morgan fingerprint density at radius 1 is 1.04 bits per heavy atom. The van der Waals surface area contributed by atoms with Crippen LogP contribution in [-0.4, -0.2) is 31.6 Å². The average molecular weight is 311 g/mol. The number of rotatable bonds is 4. The van der Waals surface area contributed by atoms with E-state index in [4.69, 9.17) is 9.47 Å². The molecule has 120 valence electrons. The van der Waals surface area contributed by atoms with E-state index in [2.05, 4.69) is 0 Å². The molecule has 0 saturated carbocycles. The summed E-state index contributed by atoms with van der Waals surface area (Å²) in [5, 5.41) is 0. The third-order valence-electron chi connectivity index (χ3n) is 4.35. The second kappa shape index (κ2) is 6.73. The summed E-state index contributed by atoms with van der Waals surface area (Å²) >= 11 is 0. The Morgan fingerprint density at radius 2 is 1.78 bits per heavy atom. The predicted octanol–water partition coefficient (Wildman–Crippen LogP) is 3.68. The van der Waals surface area contributed by atoms with Gasteiger partial charge in [0.1, 0.15) is 11.5 Å². The Labute approximate surface area is 136 Å². The van der Waals surface area contributed by atoms with Gasteiger partial charge >= 0.3 is 0 Å². The first-order chi connectivity index (χ1) is 11.2. The molecule has 23 heavy (non-hydrogen) atoms. The topological polar surface area (TPSA) is 38.8 Å². The van der Waals surface area contributed by atoms with Gasteiger partial charge in [-0.15, -0.1) is 0 Å². The SMILES string of the molecule is COc1ccc(C2CCCN2C(=O)c2ccccc2OC)cc1. The molecule has 1 heterocycles. The molecule has 1 aliphatic rings. The van der Waals surface area contributed by atoms with E-state index in [0.717, 1.165) is 30.7 Å². The normalized spacial score (nSPS) is 17.1. The van der Waals surface area contributed by atoms with Gasteiger partial charge < -0.3 is 14.4 Å². The van der Waals surface area contributed by atoms with Gasteiger partial charge in [0.2, 0.25) is 0 Å². The van der Waals surface area contributed by atoms with Crippen molar-refractivity contribution in [2.45, 2.75) is 18.9 Å². The minimum absolute atomic E-state index is 0.0285. The molecule has 4 nitrogen and oxygen atoms in total. The Balaban J connectivity index is 1.87. The maximum atomic E-state index is 13.0. The minimum atomic E-state index is 0.0285. The summed E-state index contributed by atoms with van der Waals surface area (Å²) in [4.78, 5) is 14.9. The molecule has 1 atom stereocenters. The van der Waals surface area contributed by atoms with Gasteiger partial charge in [-0.2, -0.15) is 0 Å². The first-order valence-corrected chi connectivity index (χ1v) is 7.82. The molecule has 3 rings (SSSR count). The molecule has 0 radical (unpaired) electrons. The summed E-state index contributed by atoms with van der Waals surface area (Å²) in [6.07, 6.45) is 1.99. The molecule has 1 saturated heterocycles. The molecule has 0 aromatic heterocycles. The third-order valence-corrected chi connectivity index (χ3v) is 4.35. The van der Waals surface area contributed by atoms with Crippen molar-refractivity contribution in [1.82, 2.24) is 4.90 Å². The highest BCUT2D eigenvalue weighted by Gasteiger charge is 2.31. The van der Waals surface area contributed by atoms with E-state index < -0.39 is 0 Å². The summed E-state index contributed by atoms with van der Waals surface area (Å²) in [6, 6.07) is 15.5. The van der Waals surface area contributed by atoms with E-state index >= 15 is 0 Å². The van der Waals surface area contributed by atoms with Crippen molar-refractivity contribution >= 4 is 5.91 Å². The molecule has 2 aromatic carbocycles. The molecule has 1 aliphatic heterocycles. The van der Waals surface area contributed by atoms with Gasteiger partial charge in [-0.1, -0.05) is 24.3 Å². The van der Waals surface area contributed by atoms with Gasteiger partial charge in [0, 0.05) is 6.54 Å². The Morgan fingerprint density at radius 3 is 2.48 bits per heavy atom. The Bertz CT molecular complexity index is 681. The summed E-state index contributed by atoms with van der Waals surface area (Å²) in [5.41, 5.74) is 1.77. The molecule has 1 fully saturated rings. The van der Waals surface area contributed by atoms with Crippen LogP contribution in [-0.2, 0) is 0 Å². The third kappa shape index (κ3) is 3.02. The van der Waals surface area contributed by atoms with Crippen LogP contribution in [0.2, 0.25) is 0 Å². The van der Waals surface area contributed by atoms with E-state index in [-0.39, 0.29) is 11.9 Å². The van der Waals surface area contributed by atoms with E-state index in [9.17, 15) is 4.79 Å².